The predicted molar refractivity (Wildman–Crippen MR) is 133 cm³/mol. The van der Waals surface area contributed by atoms with Crippen LogP contribution in [0.2, 0.25) is 0 Å². The summed E-state index contributed by atoms with van der Waals surface area (Å²) in [5.41, 5.74) is 2.25. The lowest BCUT2D eigenvalue weighted by Gasteiger charge is -2.11. The number of nitrogens with zero attached hydrogens (tertiary/aromatic N) is 2. The van der Waals surface area contributed by atoms with Crippen molar-refractivity contribution in [2.75, 3.05) is 13.7 Å². The molecule has 2 aromatic heterocycles. The Hall–Kier alpha value is -2.07. The van der Waals surface area contributed by atoms with E-state index >= 15 is 0 Å². The third kappa shape index (κ3) is 7.64. The molecule has 0 aliphatic heterocycles. The number of ether oxygens (including phenoxy) is 1. The second-order valence-electron chi connectivity index (χ2n) is 6.94. The molecule has 0 saturated heterocycles. The smallest absolute Gasteiger partial charge is 0.191 e. The van der Waals surface area contributed by atoms with Gasteiger partial charge in [0.2, 0.25) is 0 Å². The summed E-state index contributed by atoms with van der Waals surface area (Å²) in [6.07, 6.45) is 2.49. The van der Waals surface area contributed by atoms with E-state index in [1.807, 2.05) is 36.4 Å². The van der Waals surface area contributed by atoms with Crippen LogP contribution in [0.5, 0.6) is 5.75 Å². The number of methoxy groups -OCH3 is 1. The average Bonchev–Trinajstić information content (AvgIpc) is 3.42. The highest BCUT2D eigenvalue weighted by atomic mass is 127. The molecule has 2 heterocycles. The number of guanidine groups is 1. The summed E-state index contributed by atoms with van der Waals surface area (Å²) in [6.45, 7) is 6.27. The van der Waals surface area contributed by atoms with E-state index < -0.39 is 0 Å². The summed E-state index contributed by atoms with van der Waals surface area (Å²) >= 11 is 1.68. The molecule has 0 amide bonds. The Balaban J connectivity index is 0.00000320. The van der Waals surface area contributed by atoms with E-state index in [9.17, 15) is 0 Å². The van der Waals surface area contributed by atoms with Crippen molar-refractivity contribution in [1.29, 1.82) is 0 Å². The minimum atomic E-state index is 0. The number of hydrogen-bond donors (Lipinski definition) is 2. The molecule has 0 aliphatic carbocycles. The number of halogens is 1. The van der Waals surface area contributed by atoms with E-state index in [0.717, 1.165) is 46.7 Å². The molecular formula is C22H29IN4O2S. The van der Waals surface area contributed by atoms with Gasteiger partial charge in [-0.2, -0.15) is 0 Å². The highest BCUT2D eigenvalue weighted by Gasteiger charge is 2.07. The zero-order valence-electron chi connectivity index (χ0n) is 17.6. The maximum Gasteiger partial charge on any atom is 0.191 e. The van der Waals surface area contributed by atoms with E-state index in [1.165, 1.54) is 0 Å². The molecule has 0 bridgehead atoms. The number of benzene rings is 1. The van der Waals surface area contributed by atoms with Gasteiger partial charge in [-0.05, 0) is 35.7 Å². The molecule has 1 aromatic carbocycles. The second kappa shape index (κ2) is 12.6. The normalized spacial score (nSPS) is 11.3. The fourth-order valence-corrected chi connectivity index (χ4v) is 3.56. The van der Waals surface area contributed by atoms with Crippen LogP contribution >= 0.6 is 35.3 Å². The molecule has 162 valence electrons. The van der Waals surface area contributed by atoms with Crippen molar-refractivity contribution in [2.24, 2.45) is 4.99 Å². The van der Waals surface area contributed by atoms with E-state index in [-0.39, 0.29) is 24.0 Å². The van der Waals surface area contributed by atoms with Gasteiger partial charge in [0.1, 0.15) is 16.5 Å². The van der Waals surface area contributed by atoms with Crippen molar-refractivity contribution in [1.82, 2.24) is 15.6 Å². The summed E-state index contributed by atoms with van der Waals surface area (Å²) in [6, 6.07) is 11.8. The predicted octanol–water partition coefficient (Wildman–Crippen LogP) is 4.96. The van der Waals surface area contributed by atoms with Gasteiger partial charge in [-0.25, -0.2) is 9.98 Å². The summed E-state index contributed by atoms with van der Waals surface area (Å²) in [5.74, 6) is 2.99. The van der Waals surface area contributed by atoms with Crippen molar-refractivity contribution in [3.8, 4) is 5.75 Å². The molecule has 6 nitrogen and oxygen atoms in total. The molecule has 2 N–H and O–H groups in total. The van der Waals surface area contributed by atoms with Gasteiger partial charge in [0, 0.05) is 18.3 Å². The minimum Gasteiger partial charge on any atom is -0.497 e. The second-order valence-corrected chi connectivity index (χ2v) is 7.89. The first-order valence-corrected chi connectivity index (χ1v) is 10.6. The molecule has 0 saturated carbocycles. The van der Waals surface area contributed by atoms with Crippen LogP contribution < -0.4 is 15.4 Å². The maximum absolute atomic E-state index is 5.40. The van der Waals surface area contributed by atoms with Crippen molar-refractivity contribution in [2.45, 2.75) is 39.3 Å². The highest BCUT2D eigenvalue weighted by molar-refractivity contribution is 14.0. The summed E-state index contributed by atoms with van der Waals surface area (Å²) in [4.78, 5) is 9.41. The van der Waals surface area contributed by atoms with Gasteiger partial charge < -0.3 is 19.8 Å². The minimum absolute atomic E-state index is 0. The lowest BCUT2D eigenvalue weighted by atomic mass is 10.2. The molecule has 0 atom stereocenters. The van der Waals surface area contributed by atoms with Crippen LogP contribution in [0, 0.1) is 0 Å². The zero-order chi connectivity index (χ0) is 20.5. The van der Waals surface area contributed by atoms with Crippen LogP contribution in [0.15, 0.2) is 57.5 Å². The Morgan fingerprint density at radius 2 is 2.00 bits per heavy atom. The summed E-state index contributed by atoms with van der Waals surface area (Å²) in [7, 11) is 1.67. The number of furan rings is 1. The largest absolute Gasteiger partial charge is 0.497 e. The van der Waals surface area contributed by atoms with Gasteiger partial charge in [-0.3, -0.25) is 0 Å². The molecule has 8 heteroatoms. The third-order valence-electron chi connectivity index (χ3n) is 4.39. The molecular weight excluding hydrogens is 511 g/mol. The van der Waals surface area contributed by atoms with Crippen molar-refractivity contribution in [3.05, 3.63) is 70.1 Å². The number of aliphatic imine (C=N–C) groups is 1. The van der Waals surface area contributed by atoms with E-state index in [4.69, 9.17) is 14.1 Å². The standard InChI is InChI=1S/C22H28N4O2S.HI/c1-16(2)20-15-29-21(26-20)14-25-22(23-11-10-19-5-4-12-28-19)24-13-17-6-8-18(27-3)9-7-17;/h4-9,12,15-16H,10-11,13-14H2,1-3H3,(H2,23,24,25);1H. The average molecular weight is 540 g/mol. The van der Waals surface area contributed by atoms with Gasteiger partial charge >= 0.3 is 0 Å². The van der Waals surface area contributed by atoms with Crippen LogP contribution in [0.4, 0.5) is 0 Å². The van der Waals surface area contributed by atoms with Crippen molar-refractivity contribution < 1.29 is 9.15 Å². The fourth-order valence-electron chi connectivity index (χ4n) is 2.67. The Morgan fingerprint density at radius 1 is 1.20 bits per heavy atom. The van der Waals surface area contributed by atoms with E-state index in [1.54, 1.807) is 24.7 Å². The first-order valence-electron chi connectivity index (χ1n) is 9.76. The summed E-state index contributed by atoms with van der Waals surface area (Å²) in [5, 5.41) is 9.95. The number of thiazole rings is 1. The van der Waals surface area contributed by atoms with Gasteiger partial charge in [-0.1, -0.05) is 26.0 Å². The zero-order valence-corrected chi connectivity index (χ0v) is 20.7. The topological polar surface area (TPSA) is 71.7 Å². The SMILES string of the molecule is COc1ccc(CN=C(NCCc2ccco2)NCc2nc(C(C)C)cs2)cc1.I. The summed E-state index contributed by atoms with van der Waals surface area (Å²) < 4.78 is 10.6. The van der Waals surface area contributed by atoms with Gasteiger partial charge in [-0.15, -0.1) is 35.3 Å². The van der Waals surface area contributed by atoms with E-state index in [0.29, 0.717) is 19.0 Å². The lowest BCUT2D eigenvalue weighted by molar-refractivity contribution is 0.414. The molecule has 0 fully saturated rings. The van der Waals surface area contributed by atoms with Crippen molar-refractivity contribution >= 4 is 41.3 Å². The first kappa shape index (κ1) is 24.2. The van der Waals surface area contributed by atoms with Crippen LogP contribution in [0.25, 0.3) is 0 Å². The van der Waals surface area contributed by atoms with Crippen LogP contribution in [-0.4, -0.2) is 24.6 Å². The Bertz CT molecular complexity index is 892. The number of rotatable bonds is 9. The van der Waals surface area contributed by atoms with Crippen LogP contribution in [-0.2, 0) is 19.5 Å². The fraction of sp³-hybridized carbons (Fsp3) is 0.364. The first-order chi connectivity index (χ1) is 14.1. The third-order valence-corrected chi connectivity index (χ3v) is 5.26. The highest BCUT2D eigenvalue weighted by Crippen LogP contribution is 2.17. The molecule has 0 radical (unpaired) electrons. The number of nitrogens with one attached hydrogen (secondary N) is 2. The van der Waals surface area contributed by atoms with Gasteiger partial charge in [0.05, 0.1) is 32.2 Å². The Morgan fingerprint density at radius 3 is 2.63 bits per heavy atom. The van der Waals surface area contributed by atoms with Crippen LogP contribution in [0.1, 0.15) is 41.8 Å². The Kier molecular flexibility index (Phi) is 10.2. The molecule has 0 spiro atoms. The molecule has 0 unspecified atom stereocenters. The lowest BCUT2D eigenvalue weighted by Crippen LogP contribution is -2.38. The molecule has 3 aromatic rings. The van der Waals surface area contributed by atoms with Crippen LogP contribution in [0.3, 0.4) is 0 Å². The van der Waals surface area contributed by atoms with E-state index in [2.05, 4.69) is 34.8 Å². The molecule has 3 rings (SSSR count). The monoisotopic (exact) mass is 540 g/mol. The maximum atomic E-state index is 5.40. The van der Waals surface area contributed by atoms with Gasteiger partial charge in [0.25, 0.3) is 0 Å². The number of hydrogen-bond acceptors (Lipinski definition) is 5. The molecule has 0 aliphatic rings. The number of aromatic nitrogens is 1. The Labute approximate surface area is 199 Å². The van der Waals surface area contributed by atoms with Crippen molar-refractivity contribution in [3.63, 3.8) is 0 Å². The van der Waals surface area contributed by atoms with Gasteiger partial charge in [0.15, 0.2) is 5.96 Å². The molecule has 30 heavy (non-hydrogen) atoms. The quantitative estimate of drug-likeness (QED) is 0.228.